The Hall–Kier alpha value is -0.610. The maximum Gasteiger partial charge on any atom is 0.237 e. The first-order valence-corrected chi connectivity index (χ1v) is 5.33. The van der Waals surface area contributed by atoms with Crippen molar-refractivity contribution < 1.29 is 4.79 Å². The van der Waals surface area contributed by atoms with Crippen LogP contribution in [0.4, 0.5) is 0 Å². The molecule has 0 saturated heterocycles. The van der Waals surface area contributed by atoms with Gasteiger partial charge in [-0.3, -0.25) is 10.2 Å². The molecule has 1 aliphatic rings. The van der Waals surface area contributed by atoms with Crippen LogP contribution >= 0.6 is 0 Å². The number of hydrogen-bond acceptors (Lipinski definition) is 3. The van der Waals surface area contributed by atoms with Gasteiger partial charge >= 0.3 is 0 Å². The fourth-order valence-electron chi connectivity index (χ4n) is 2.14. The second kappa shape index (κ2) is 5.32. The Kier molecular flexibility index (Phi) is 4.35. The SMILES string of the molecule is CN(C)NC(=O)C1CCCCC1CN. The maximum absolute atomic E-state index is 11.8. The summed E-state index contributed by atoms with van der Waals surface area (Å²) in [5, 5.41) is 1.70. The lowest BCUT2D eigenvalue weighted by molar-refractivity contribution is -0.131. The van der Waals surface area contributed by atoms with E-state index in [0.29, 0.717) is 12.5 Å². The molecule has 2 atom stereocenters. The summed E-state index contributed by atoms with van der Waals surface area (Å²) in [5.74, 6) is 0.630. The second-order valence-electron chi connectivity index (χ2n) is 4.26. The molecule has 0 radical (unpaired) electrons. The van der Waals surface area contributed by atoms with Gasteiger partial charge in [-0.15, -0.1) is 0 Å². The first kappa shape index (κ1) is 11.5. The van der Waals surface area contributed by atoms with Gasteiger partial charge < -0.3 is 5.73 Å². The Balaban J connectivity index is 2.50. The molecular formula is C10H21N3O. The summed E-state index contributed by atoms with van der Waals surface area (Å²) in [4.78, 5) is 11.8. The minimum Gasteiger partial charge on any atom is -0.330 e. The molecule has 14 heavy (non-hydrogen) atoms. The lowest BCUT2D eigenvalue weighted by atomic mass is 9.79. The molecule has 1 aliphatic carbocycles. The third kappa shape index (κ3) is 2.96. The van der Waals surface area contributed by atoms with E-state index in [1.54, 1.807) is 5.01 Å². The second-order valence-corrected chi connectivity index (χ2v) is 4.26. The Morgan fingerprint density at radius 3 is 2.64 bits per heavy atom. The summed E-state index contributed by atoms with van der Waals surface area (Å²) >= 11 is 0. The summed E-state index contributed by atoms with van der Waals surface area (Å²) in [6.07, 6.45) is 4.46. The molecule has 0 heterocycles. The smallest absolute Gasteiger partial charge is 0.237 e. The number of hydrogen-bond donors (Lipinski definition) is 2. The lowest BCUT2D eigenvalue weighted by Gasteiger charge is -2.30. The number of nitrogens with one attached hydrogen (secondary N) is 1. The van der Waals surface area contributed by atoms with Crippen LogP contribution in [0.15, 0.2) is 0 Å². The van der Waals surface area contributed by atoms with E-state index in [2.05, 4.69) is 5.43 Å². The number of carbonyl (C=O) groups is 1. The maximum atomic E-state index is 11.8. The van der Waals surface area contributed by atoms with Crippen LogP contribution in [0.2, 0.25) is 0 Å². The molecule has 82 valence electrons. The minimum atomic E-state index is 0.121. The van der Waals surface area contributed by atoms with E-state index >= 15 is 0 Å². The Labute approximate surface area is 85.8 Å². The average molecular weight is 199 g/mol. The van der Waals surface area contributed by atoms with Crippen molar-refractivity contribution in [1.82, 2.24) is 10.4 Å². The summed E-state index contributed by atoms with van der Waals surface area (Å²) < 4.78 is 0. The number of rotatable bonds is 3. The zero-order valence-electron chi connectivity index (χ0n) is 9.12. The largest absolute Gasteiger partial charge is 0.330 e. The fraction of sp³-hybridized carbons (Fsp3) is 0.900. The Morgan fingerprint density at radius 2 is 2.07 bits per heavy atom. The first-order chi connectivity index (χ1) is 6.65. The van der Waals surface area contributed by atoms with E-state index in [0.717, 1.165) is 19.3 Å². The highest BCUT2D eigenvalue weighted by atomic mass is 16.2. The number of nitrogens with two attached hydrogens (primary N) is 1. The first-order valence-electron chi connectivity index (χ1n) is 5.33. The van der Waals surface area contributed by atoms with Crippen LogP contribution in [-0.2, 0) is 4.79 Å². The molecule has 1 fully saturated rings. The molecule has 0 spiro atoms. The summed E-state index contributed by atoms with van der Waals surface area (Å²) in [6, 6.07) is 0. The summed E-state index contributed by atoms with van der Waals surface area (Å²) in [6.45, 7) is 0.630. The van der Waals surface area contributed by atoms with E-state index in [1.165, 1.54) is 6.42 Å². The van der Waals surface area contributed by atoms with Crippen LogP contribution < -0.4 is 11.2 Å². The molecular weight excluding hydrogens is 178 g/mol. The van der Waals surface area contributed by atoms with Gasteiger partial charge in [0.2, 0.25) is 5.91 Å². The molecule has 3 N–H and O–H groups in total. The van der Waals surface area contributed by atoms with Crippen LogP contribution in [-0.4, -0.2) is 31.6 Å². The zero-order chi connectivity index (χ0) is 10.6. The van der Waals surface area contributed by atoms with Crippen LogP contribution in [0.5, 0.6) is 0 Å². The normalized spacial score (nSPS) is 27.7. The number of amides is 1. The van der Waals surface area contributed by atoms with Gasteiger partial charge in [-0.2, -0.15) is 0 Å². The highest BCUT2D eigenvalue weighted by Gasteiger charge is 2.29. The van der Waals surface area contributed by atoms with Crippen molar-refractivity contribution in [2.75, 3.05) is 20.6 Å². The molecule has 1 rings (SSSR count). The van der Waals surface area contributed by atoms with Crippen molar-refractivity contribution in [1.29, 1.82) is 0 Å². The number of carbonyl (C=O) groups excluding carboxylic acids is 1. The topological polar surface area (TPSA) is 58.4 Å². The Morgan fingerprint density at radius 1 is 1.43 bits per heavy atom. The van der Waals surface area contributed by atoms with Crippen LogP contribution in [0.1, 0.15) is 25.7 Å². The van der Waals surface area contributed by atoms with Crippen molar-refractivity contribution >= 4 is 5.91 Å². The lowest BCUT2D eigenvalue weighted by Crippen LogP contribution is -2.44. The van der Waals surface area contributed by atoms with Crippen molar-refractivity contribution in [3.63, 3.8) is 0 Å². The van der Waals surface area contributed by atoms with E-state index in [-0.39, 0.29) is 11.8 Å². The molecule has 0 aromatic heterocycles. The minimum absolute atomic E-state index is 0.121. The summed E-state index contributed by atoms with van der Waals surface area (Å²) in [7, 11) is 3.66. The van der Waals surface area contributed by atoms with Crippen molar-refractivity contribution in [2.24, 2.45) is 17.6 Å². The van der Waals surface area contributed by atoms with E-state index in [1.807, 2.05) is 14.1 Å². The van der Waals surface area contributed by atoms with Gasteiger partial charge in [-0.1, -0.05) is 12.8 Å². The fourth-order valence-corrected chi connectivity index (χ4v) is 2.14. The number of hydrazine groups is 1. The monoisotopic (exact) mass is 199 g/mol. The third-order valence-corrected chi connectivity index (χ3v) is 2.88. The van der Waals surface area contributed by atoms with Crippen molar-refractivity contribution in [3.05, 3.63) is 0 Å². The van der Waals surface area contributed by atoms with Crippen LogP contribution in [0, 0.1) is 11.8 Å². The molecule has 4 heteroatoms. The highest BCUT2D eigenvalue weighted by Crippen LogP contribution is 2.29. The van der Waals surface area contributed by atoms with Gasteiger partial charge in [0.15, 0.2) is 0 Å². The van der Waals surface area contributed by atoms with Gasteiger partial charge in [0.05, 0.1) is 0 Å². The molecule has 2 unspecified atom stereocenters. The van der Waals surface area contributed by atoms with Crippen LogP contribution in [0.3, 0.4) is 0 Å². The Bertz CT molecular complexity index is 194. The van der Waals surface area contributed by atoms with Gasteiger partial charge in [0.1, 0.15) is 0 Å². The predicted octanol–water partition coefficient (Wildman–Crippen LogP) is 0.344. The van der Waals surface area contributed by atoms with Crippen molar-refractivity contribution in [3.8, 4) is 0 Å². The zero-order valence-corrected chi connectivity index (χ0v) is 9.12. The summed E-state index contributed by atoms with van der Waals surface area (Å²) in [5.41, 5.74) is 8.48. The third-order valence-electron chi connectivity index (χ3n) is 2.88. The van der Waals surface area contributed by atoms with Gasteiger partial charge in [0, 0.05) is 20.0 Å². The molecule has 0 aromatic rings. The predicted molar refractivity (Wildman–Crippen MR) is 56.3 cm³/mol. The average Bonchev–Trinajstić information content (AvgIpc) is 2.16. The van der Waals surface area contributed by atoms with Gasteiger partial charge in [-0.25, -0.2) is 5.01 Å². The highest BCUT2D eigenvalue weighted by molar-refractivity contribution is 5.78. The number of nitrogens with zero attached hydrogens (tertiary/aromatic N) is 1. The molecule has 1 amide bonds. The molecule has 0 aliphatic heterocycles. The van der Waals surface area contributed by atoms with Crippen molar-refractivity contribution in [2.45, 2.75) is 25.7 Å². The van der Waals surface area contributed by atoms with Gasteiger partial charge in [-0.05, 0) is 25.3 Å². The van der Waals surface area contributed by atoms with E-state index in [4.69, 9.17) is 5.73 Å². The molecule has 4 nitrogen and oxygen atoms in total. The van der Waals surface area contributed by atoms with E-state index < -0.39 is 0 Å². The standard InChI is InChI=1S/C10H21N3O/c1-13(2)12-10(14)9-6-4-3-5-8(9)7-11/h8-9H,3-7,11H2,1-2H3,(H,12,14). The van der Waals surface area contributed by atoms with Crippen LogP contribution in [0.25, 0.3) is 0 Å². The quantitative estimate of drug-likeness (QED) is 0.645. The van der Waals surface area contributed by atoms with Gasteiger partial charge in [0.25, 0.3) is 0 Å². The molecule has 0 aromatic carbocycles. The van der Waals surface area contributed by atoms with E-state index in [9.17, 15) is 4.79 Å². The molecule has 1 saturated carbocycles. The molecule has 0 bridgehead atoms.